The molecule has 0 heterocycles. The van der Waals surface area contributed by atoms with Crippen molar-refractivity contribution < 1.29 is 13.9 Å². The molecule has 3 nitrogen and oxygen atoms in total. The maximum atomic E-state index is 13.6. The van der Waals surface area contributed by atoms with Gasteiger partial charge in [-0.05, 0) is 26.8 Å². The van der Waals surface area contributed by atoms with Crippen molar-refractivity contribution in [3.8, 4) is 5.75 Å². The second-order valence-corrected chi connectivity index (χ2v) is 4.21. The number of hydrogen-bond donors (Lipinski definition) is 1. The Hall–Kier alpha value is -1.13. The second-order valence-electron chi connectivity index (χ2n) is 4.21. The minimum absolute atomic E-state index is 0.145. The molecule has 1 atom stereocenters. The summed E-state index contributed by atoms with van der Waals surface area (Å²) in [4.78, 5) is 0. The van der Waals surface area contributed by atoms with E-state index in [1.165, 1.54) is 6.07 Å². The van der Waals surface area contributed by atoms with Gasteiger partial charge in [0.1, 0.15) is 6.61 Å². The topological polar surface area (TPSA) is 44.5 Å². The van der Waals surface area contributed by atoms with E-state index in [0.29, 0.717) is 18.8 Å². The molecule has 0 fully saturated rings. The Morgan fingerprint density at radius 2 is 1.94 bits per heavy atom. The second kappa shape index (κ2) is 6.57. The summed E-state index contributed by atoms with van der Waals surface area (Å²) in [6, 6.07) is 4.51. The van der Waals surface area contributed by atoms with Crippen LogP contribution in [0.2, 0.25) is 0 Å². The standard InChI is InChI=1S/C13H20FNO2/c1-9(2)16-7-8-17-13-11(10(3)15)5-4-6-12(13)14/h4-6,9-10H,7-8,15H2,1-3H3. The number of halogens is 1. The quantitative estimate of drug-likeness (QED) is 0.779. The van der Waals surface area contributed by atoms with Crippen LogP contribution in [-0.2, 0) is 4.74 Å². The summed E-state index contributed by atoms with van der Waals surface area (Å²) in [6.45, 7) is 6.43. The van der Waals surface area contributed by atoms with E-state index >= 15 is 0 Å². The molecule has 0 aliphatic heterocycles. The highest BCUT2D eigenvalue weighted by atomic mass is 19.1. The summed E-state index contributed by atoms with van der Waals surface area (Å²) in [5.41, 5.74) is 6.43. The van der Waals surface area contributed by atoms with Crippen LogP contribution < -0.4 is 10.5 Å². The first-order valence-corrected chi connectivity index (χ1v) is 5.80. The molecule has 1 rings (SSSR count). The number of hydrogen-bond acceptors (Lipinski definition) is 3. The lowest BCUT2D eigenvalue weighted by atomic mass is 10.1. The van der Waals surface area contributed by atoms with Crippen molar-refractivity contribution >= 4 is 0 Å². The van der Waals surface area contributed by atoms with Crippen LogP contribution in [-0.4, -0.2) is 19.3 Å². The molecule has 17 heavy (non-hydrogen) atoms. The summed E-state index contributed by atoms with van der Waals surface area (Å²) in [6.07, 6.45) is 0.145. The molecule has 0 aliphatic carbocycles. The van der Waals surface area contributed by atoms with E-state index in [2.05, 4.69) is 0 Å². The van der Waals surface area contributed by atoms with Gasteiger partial charge in [-0.15, -0.1) is 0 Å². The van der Waals surface area contributed by atoms with Crippen LogP contribution in [0.15, 0.2) is 18.2 Å². The third-order valence-electron chi connectivity index (χ3n) is 2.27. The van der Waals surface area contributed by atoms with Crippen molar-refractivity contribution in [2.75, 3.05) is 13.2 Å². The Balaban J connectivity index is 2.63. The summed E-state index contributed by atoms with van der Waals surface area (Å²) in [5.74, 6) is -0.154. The molecule has 0 aromatic heterocycles. The molecular weight excluding hydrogens is 221 g/mol. The molecule has 96 valence electrons. The Labute approximate surface area is 102 Å². The summed E-state index contributed by atoms with van der Waals surface area (Å²) in [7, 11) is 0. The van der Waals surface area contributed by atoms with E-state index in [0.717, 1.165) is 0 Å². The van der Waals surface area contributed by atoms with Gasteiger partial charge in [0.25, 0.3) is 0 Å². The monoisotopic (exact) mass is 241 g/mol. The Bertz CT molecular complexity index is 353. The first-order valence-electron chi connectivity index (χ1n) is 5.80. The van der Waals surface area contributed by atoms with Crippen molar-refractivity contribution in [2.45, 2.75) is 32.9 Å². The first kappa shape index (κ1) is 13.9. The minimum atomic E-state index is -0.385. The van der Waals surface area contributed by atoms with Crippen molar-refractivity contribution in [1.29, 1.82) is 0 Å². The average molecular weight is 241 g/mol. The van der Waals surface area contributed by atoms with Crippen molar-refractivity contribution in [1.82, 2.24) is 0 Å². The van der Waals surface area contributed by atoms with Gasteiger partial charge in [-0.2, -0.15) is 0 Å². The molecule has 1 aromatic carbocycles. The third-order valence-corrected chi connectivity index (χ3v) is 2.27. The fourth-order valence-corrected chi connectivity index (χ4v) is 1.46. The van der Waals surface area contributed by atoms with Gasteiger partial charge < -0.3 is 15.2 Å². The van der Waals surface area contributed by atoms with E-state index in [9.17, 15) is 4.39 Å². The Morgan fingerprint density at radius 1 is 1.24 bits per heavy atom. The van der Waals surface area contributed by atoms with Gasteiger partial charge in [0.05, 0.1) is 12.7 Å². The van der Waals surface area contributed by atoms with Gasteiger partial charge in [0.15, 0.2) is 11.6 Å². The van der Waals surface area contributed by atoms with E-state index in [4.69, 9.17) is 15.2 Å². The van der Waals surface area contributed by atoms with Gasteiger partial charge in [0, 0.05) is 11.6 Å². The van der Waals surface area contributed by atoms with Crippen LogP contribution in [0.1, 0.15) is 32.4 Å². The molecule has 0 saturated carbocycles. The number of para-hydroxylation sites is 1. The fourth-order valence-electron chi connectivity index (χ4n) is 1.46. The van der Waals surface area contributed by atoms with Crippen molar-refractivity contribution in [2.24, 2.45) is 5.73 Å². The number of rotatable bonds is 6. The van der Waals surface area contributed by atoms with Gasteiger partial charge in [-0.25, -0.2) is 4.39 Å². The van der Waals surface area contributed by atoms with Gasteiger partial charge in [-0.1, -0.05) is 12.1 Å². The SMILES string of the molecule is CC(C)OCCOc1c(F)cccc1C(C)N. The smallest absolute Gasteiger partial charge is 0.165 e. The zero-order chi connectivity index (χ0) is 12.8. The van der Waals surface area contributed by atoms with E-state index in [1.54, 1.807) is 19.1 Å². The van der Waals surface area contributed by atoms with Crippen molar-refractivity contribution in [3.05, 3.63) is 29.6 Å². The molecule has 0 radical (unpaired) electrons. The lowest BCUT2D eigenvalue weighted by Gasteiger charge is -2.15. The molecule has 0 amide bonds. The van der Waals surface area contributed by atoms with E-state index < -0.39 is 0 Å². The predicted molar refractivity (Wildman–Crippen MR) is 65.6 cm³/mol. The molecule has 0 bridgehead atoms. The van der Waals surface area contributed by atoms with Gasteiger partial charge in [0.2, 0.25) is 0 Å². The zero-order valence-corrected chi connectivity index (χ0v) is 10.6. The first-order chi connectivity index (χ1) is 8.02. The lowest BCUT2D eigenvalue weighted by Crippen LogP contribution is -2.14. The molecule has 2 N–H and O–H groups in total. The summed E-state index contributed by atoms with van der Waals surface area (Å²) < 4.78 is 24.3. The number of nitrogens with two attached hydrogens (primary N) is 1. The minimum Gasteiger partial charge on any atom is -0.488 e. The van der Waals surface area contributed by atoms with E-state index in [-0.39, 0.29) is 23.7 Å². The molecule has 0 saturated heterocycles. The predicted octanol–water partition coefficient (Wildman–Crippen LogP) is 2.65. The highest BCUT2D eigenvalue weighted by Crippen LogP contribution is 2.26. The largest absolute Gasteiger partial charge is 0.488 e. The highest BCUT2D eigenvalue weighted by molar-refractivity contribution is 5.36. The Kier molecular flexibility index (Phi) is 5.38. The number of ether oxygens (including phenoxy) is 2. The number of benzene rings is 1. The molecule has 1 aromatic rings. The highest BCUT2D eigenvalue weighted by Gasteiger charge is 2.12. The zero-order valence-electron chi connectivity index (χ0n) is 10.6. The van der Waals surface area contributed by atoms with Gasteiger partial charge in [-0.3, -0.25) is 0 Å². The molecule has 1 unspecified atom stereocenters. The van der Waals surface area contributed by atoms with Crippen LogP contribution in [0.4, 0.5) is 4.39 Å². The molecule has 0 spiro atoms. The Morgan fingerprint density at radius 3 is 2.53 bits per heavy atom. The summed E-state index contributed by atoms with van der Waals surface area (Å²) in [5, 5.41) is 0. The maximum absolute atomic E-state index is 13.6. The summed E-state index contributed by atoms with van der Waals surface area (Å²) >= 11 is 0. The van der Waals surface area contributed by atoms with Crippen LogP contribution in [0.3, 0.4) is 0 Å². The van der Waals surface area contributed by atoms with Gasteiger partial charge >= 0.3 is 0 Å². The average Bonchev–Trinajstić information content (AvgIpc) is 2.25. The maximum Gasteiger partial charge on any atom is 0.165 e. The van der Waals surface area contributed by atoms with Crippen LogP contribution in [0.5, 0.6) is 5.75 Å². The van der Waals surface area contributed by atoms with Crippen LogP contribution >= 0.6 is 0 Å². The molecule has 4 heteroatoms. The molecule has 0 aliphatic rings. The fraction of sp³-hybridized carbons (Fsp3) is 0.538. The normalized spacial score (nSPS) is 12.8. The van der Waals surface area contributed by atoms with Crippen molar-refractivity contribution in [3.63, 3.8) is 0 Å². The third kappa shape index (κ3) is 4.32. The van der Waals surface area contributed by atoms with Crippen LogP contribution in [0.25, 0.3) is 0 Å². The van der Waals surface area contributed by atoms with Crippen LogP contribution in [0, 0.1) is 5.82 Å². The lowest BCUT2D eigenvalue weighted by molar-refractivity contribution is 0.0541. The van der Waals surface area contributed by atoms with E-state index in [1.807, 2.05) is 13.8 Å². The molecular formula is C13H20FNO2.